The zero-order valence-corrected chi connectivity index (χ0v) is 10.7. The molecular weight excluding hydrogens is 198 g/mol. The van der Waals surface area contributed by atoms with Crippen LogP contribution in [0.25, 0.3) is 0 Å². The molecule has 0 spiro atoms. The molecule has 1 N–H and O–H groups in total. The molecule has 1 aliphatic carbocycles. The van der Waals surface area contributed by atoms with Crippen molar-refractivity contribution in [1.29, 1.82) is 0 Å². The van der Waals surface area contributed by atoms with Crippen LogP contribution in [0.5, 0.6) is 0 Å². The van der Waals surface area contributed by atoms with Crippen LogP contribution >= 0.6 is 0 Å². The molecule has 1 heterocycles. The van der Waals surface area contributed by atoms with E-state index in [4.69, 9.17) is 0 Å². The Morgan fingerprint density at radius 3 is 2.75 bits per heavy atom. The number of nitrogens with one attached hydrogen (secondary N) is 1. The van der Waals surface area contributed by atoms with Crippen molar-refractivity contribution >= 4 is 0 Å². The molecule has 3 nitrogen and oxygen atoms in total. The van der Waals surface area contributed by atoms with E-state index in [0.29, 0.717) is 11.5 Å². The quantitative estimate of drug-likeness (QED) is 0.847. The topological polar surface area (TPSA) is 29.9 Å². The molecule has 0 saturated heterocycles. The first-order valence-electron chi connectivity index (χ1n) is 6.39. The van der Waals surface area contributed by atoms with Crippen LogP contribution in [-0.4, -0.2) is 16.6 Å². The first-order valence-corrected chi connectivity index (χ1v) is 6.39. The molecule has 1 fully saturated rings. The maximum Gasteiger partial charge on any atom is 0.126 e. The first kappa shape index (κ1) is 11.6. The maximum atomic E-state index is 4.55. The summed E-state index contributed by atoms with van der Waals surface area (Å²) in [7, 11) is 2.06. The molecule has 0 aromatic carbocycles. The summed E-state index contributed by atoms with van der Waals surface area (Å²) in [6.45, 7) is 5.58. The van der Waals surface area contributed by atoms with Crippen molar-refractivity contribution in [3.8, 4) is 0 Å². The van der Waals surface area contributed by atoms with E-state index in [2.05, 4.69) is 42.0 Å². The van der Waals surface area contributed by atoms with Crippen molar-refractivity contribution in [1.82, 2.24) is 14.9 Å². The van der Waals surface area contributed by atoms with Gasteiger partial charge in [0.05, 0.1) is 6.04 Å². The zero-order valence-electron chi connectivity index (χ0n) is 10.7. The fraction of sp³-hybridized carbons (Fsp3) is 0.769. The summed E-state index contributed by atoms with van der Waals surface area (Å²) in [5.74, 6) is 1.20. The molecule has 0 radical (unpaired) electrons. The summed E-state index contributed by atoms with van der Waals surface area (Å²) >= 11 is 0. The van der Waals surface area contributed by atoms with Gasteiger partial charge in [0.1, 0.15) is 5.82 Å². The number of nitrogens with zero attached hydrogens (tertiary/aromatic N) is 2. The highest BCUT2D eigenvalue weighted by atomic mass is 15.1. The molecule has 1 unspecified atom stereocenters. The van der Waals surface area contributed by atoms with Crippen molar-refractivity contribution in [3.63, 3.8) is 0 Å². The van der Waals surface area contributed by atoms with Gasteiger partial charge in [0.2, 0.25) is 0 Å². The second-order valence-electron chi connectivity index (χ2n) is 5.15. The number of rotatable bonds is 4. The Morgan fingerprint density at radius 2 is 2.19 bits per heavy atom. The third-order valence-corrected chi connectivity index (χ3v) is 4.08. The number of hydrogen-bond donors (Lipinski definition) is 1. The van der Waals surface area contributed by atoms with Gasteiger partial charge >= 0.3 is 0 Å². The van der Waals surface area contributed by atoms with E-state index in [1.807, 2.05) is 6.20 Å². The van der Waals surface area contributed by atoms with Crippen LogP contribution in [0, 0.1) is 5.41 Å². The van der Waals surface area contributed by atoms with Crippen molar-refractivity contribution in [3.05, 3.63) is 18.2 Å². The number of aryl methyl sites for hydroxylation is 1. The minimum absolute atomic E-state index is 0.382. The van der Waals surface area contributed by atoms with Crippen LogP contribution in [0.15, 0.2) is 12.4 Å². The van der Waals surface area contributed by atoms with Gasteiger partial charge < -0.3 is 9.88 Å². The number of hydrogen-bond acceptors (Lipinski definition) is 2. The van der Waals surface area contributed by atoms with Crippen molar-refractivity contribution < 1.29 is 0 Å². The Bertz CT molecular complexity index is 337. The minimum atomic E-state index is 0.382. The summed E-state index contributed by atoms with van der Waals surface area (Å²) in [5, 5.41) is 3.48. The fourth-order valence-corrected chi connectivity index (χ4v) is 3.11. The third-order valence-electron chi connectivity index (χ3n) is 4.08. The summed E-state index contributed by atoms with van der Waals surface area (Å²) in [6, 6.07) is 0.393. The van der Waals surface area contributed by atoms with Gasteiger partial charge in [-0.25, -0.2) is 4.98 Å². The van der Waals surface area contributed by atoms with Crippen LogP contribution in [0.4, 0.5) is 0 Å². The highest BCUT2D eigenvalue weighted by Crippen LogP contribution is 2.46. The Morgan fingerprint density at radius 1 is 1.50 bits per heavy atom. The molecule has 1 atom stereocenters. The normalized spacial score (nSPS) is 21.2. The average molecular weight is 221 g/mol. The Hall–Kier alpha value is -0.830. The third kappa shape index (κ3) is 1.88. The van der Waals surface area contributed by atoms with Gasteiger partial charge in [-0.15, -0.1) is 0 Å². The second kappa shape index (κ2) is 4.58. The summed E-state index contributed by atoms with van der Waals surface area (Å²) in [4.78, 5) is 4.55. The summed E-state index contributed by atoms with van der Waals surface area (Å²) < 4.78 is 2.25. The molecular formula is C13H23N3. The Labute approximate surface area is 98.3 Å². The van der Waals surface area contributed by atoms with Crippen LogP contribution < -0.4 is 5.32 Å². The van der Waals surface area contributed by atoms with E-state index < -0.39 is 0 Å². The lowest BCUT2D eigenvalue weighted by atomic mass is 9.80. The van der Waals surface area contributed by atoms with Gasteiger partial charge in [0, 0.05) is 18.9 Å². The molecule has 2 rings (SSSR count). The van der Waals surface area contributed by atoms with Crippen LogP contribution in [0.2, 0.25) is 0 Å². The molecule has 0 aliphatic heterocycles. The van der Waals surface area contributed by atoms with Gasteiger partial charge in [-0.05, 0) is 32.2 Å². The molecule has 0 amide bonds. The Balaban J connectivity index is 2.28. The van der Waals surface area contributed by atoms with Crippen LogP contribution in [0.1, 0.15) is 51.4 Å². The lowest BCUT2D eigenvalue weighted by molar-refractivity contribution is 0.220. The van der Waals surface area contributed by atoms with Gasteiger partial charge in [-0.1, -0.05) is 19.8 Å². The van der Waals surface area contributed by atoms with E-state index in [1.54, 1.807) is 0 Å². The highest BCUT2D eigenvalue weighted by Gasteiger charge is 2.38. The molecule has 1 saturated carbocycles. The monoisotopic (exact) mass is 221 g/mol. The van der Waals surface area contributed by atoms with Gasteiger partial charge in [0.15, 0.2) is 0 Å². The Kier molecular flexibility index (Phi) is 3.33. The van der Waals surface area contributed by atoms with E-state index in [9.17, 15) is 0 Å². The molecule has 90 valence electrons. The van der Waals surface area contributed by atoms with E-state index in [0.717, 1.165) is 6.54 Å². The minimum Gasteiger partial charge on any atom is -0.334 e. The second-order valence-corrected chi connectivity index (χ2v) is 5.15. The summed E-state index contributed by atoms with van der Waals surface area (Å²) in [6.07, 6.45) is 9.35. The van der Waals surface area contributed by atoms with Gasteiger partial charge in [0.25, 0.3) is 0 Å². The molecule has 3 heteroatoms. The molecule has 1 aromatic heterocycles. The predicted molar refractivity (Wildman–Crippen MR) is 66.3 cm³/mol. The lowest BCUT2D eigenvalue weighted by Gasteiger charge is -2.33. The standard InChI is InChI=1S/C13H23N3/c1-4-16-10-9-15-12(16)11(14-3)13(2)7-5-6-8-13/h9-11,14H,4-8H2,1-3H3. The molecule has 16 heavy (non-hydrogen) atoms. The first-order chi connectivity index (χ1) is 7.71. The van der Waals surface area contributed by atoms with E-state index >= 15 is 0 Å². The van der Waals surface area contributed by atoms with Gasteiger partial charge in [-0.2, -0.15) is 0 Å². The number of aromatic nitrogens is 2. The molecule has 1 aromatic rings. The fourth-order valence-electron chi connectivity index (χ4n) is 3.11. The highest BCUT2D eigenvalue weighted by molar-refractivity contribution is 5.06. The van der Waals surface area contributed by atoms with Crippen molar-refractivity contribution in [2.75, 3.05) is 7.05 Å². The largest absolute Gasteiger partial charge is 0.334 e. The van der Waals surface area contributed by atoms with Gasteiger partial charge in [-0.3, -0.25) is 0 Å². The lowest BCUT2D eigenvalue weighted by Crippen LogP contribution is -2.34. The van der Waals surface area contributed by atoms with E-state index in [-0.39, 0.29) is 0 Å². The van der Waals surface area contributed by atoms with Crippen LogP contribution in [0.3, 0.4) is 0 Å². The molecule has 1 aliphatic rings. The SMILES string of the molecule is CCn1ccnc1C(NC)C1(C)CCCC1. The zero-order chi connectivity index (χ0) is 11.6. The molecule has 0 bridgehead atoms. The maximum absolute atomic E-state index is 4.55. The average Bonchev–Trinajstić information content (AvgIpc) is 2.89. The summed E-state index contributed by atoms with van der Waals surface area (Å²) in [5.41, 5.74) is 0.382. The van der Waals surface area contributed by atoms with Crippen LogP contribution in [-0.2, 0) is 6.54 Å². The number of imidazole rings is 1. The van der Waals surface area contributed by atoms with Crippen molar-refractivity contribution in [2.24, 2.45) is 5.41 Å². The smallest absolute Gasteiger partial charge is 0.126 e. The van der Waals surface area contributed by atoms with E-state index in [1.165, 1.54) is 31.5 Å². The predicted octanol–water partition coefficient (Wildman–Crippen LogP) is 2.74. The van der Waals surface area contributed by atoms with Crippen molar-refractivity contribution in [2.45, 2.75) is 52.1 Å².